The van der Waals surface area contributed by atoms with Crippen molar-refractivity contribution in [3.63, 3.8) is 0 Å². The van der Waals surface area contributed by atoms with Gasteiger partial charge in [-0.2, -0.15) is 0 Å². The topological polar surface area (TPSA) is 79.3 Å². The Morgan fingerprint density at radius 1 is 1.09 bits per heavy atom. The van der Waals surface area contributed by atoms with Crippen LogP contribution in [0.4, 0.5) is 0 Å². The summed E-state index contributed by atoms with van der Waals surface area (Å²) in [5, 5.41) is 11.0. The second-order valence-electron chi connectivity index (χ2n) is 7.92. The van der Waals surface area contributed by atoms with Gasteiger partial charge in [0.25, 0.3) is 11.7 Å². The van der Waals surface area contributed by atoms with E-state index in [-0.39, 0.29) is 11.3 Å². The normalized spacial score (nSPS) is 17.8. The Balaban J connectivity index is 2.13. The van der Waals surface area contributed by atoms with Crippen molar-refractivity contribution in [3.8, 4) is 11.5 Å². The summed E-state index contributed by atoms with van der Waals surface area (Å²) in [5.41, 5.74) is 1.23. The van der Waals surface area contributed by atoms with Crippen LogP contribution in [-0.4, -0.2) is 67.5 Å². The van der Waals surface area contributed by atoms with Crippen molar-refractivity contribution >= 4 is 17.4 Å². The molecule has 3 rings (SSSR count). The molecule has 0 saturated carbocycles. The number of methoxy groups -OCH3 is 1. The molecule has 0 bridgehead atoms. The third-order valence-corrected chi connectivity index (χ3v) is 5.34. The van der Waals surface area contributed by atoms with Crippen LogP contribution in [-0.2, 0) is 9.59 Å². The number of nitrogens with zero attached hydrogens (tertiary/aromatic N) is 2. The Morgan fingerprint density at radius 2 is 1.81 bits per heavy atom. The number of ketones is 1. The molecule has 1 unspecified atom stereocenters. The predicted octanol–water partition coefficient (Wildman–Crippen LogP) is 3.47. The standard InChI is InChI=1S/C25H30N2O5/c1-5-15-32-19-12-11-18(16-20(19)31-4)22-21(23(28)17-9-7-6-8-10-17)24(29)25(30)27(22)14-13-26(2)3/h6-12,16,22,28H,5,13-15H2,1-4H3/b23-21-. The molecule has 1 fully saturated rings. The van der Waals surface area contributed by atoms with Crippen molar-refractivity contribution in [2.45, 2.75) is 19.4 Å². The van der Waals surface area contributed by atoms with E-state index in [1.807, 2.05) is 38.1 Å². The average molecular weight is 439 g/mol. The number of aliphatic hydroxyl groups excluding tert-OH is 1. The van der Waals surface area contributed by atoms with Gasteiger partial charge in [0.05, 0.1) is 25.3 Å². The molecule has 2 aromatic rings. The molecule has 1 N–H and O–H groups in total. The lowest BCUT2D eigenvalue weighted by molar-refractivity contribution is -0.140. The highest BCUT2D eigenvalue weighted by molar-refractivity contribution is 6.46. The Morgan fingerprint density at radius 3 is 2.44 bits per heavy atom. The average Bonchev–Trinajstić information content (AvgIpc) is 3.06. The van der Waals surface area contributed by atoms with Crippen LogP contribution in [0.2, 0.25) is 0 Å². The zero-order valence-corrected chi connectivity index (χ0v) is 19.0. The fourth-order valence-electron chi connectivity index (χ4n) is 3.70. The van der Waals surface area contributed by atoms with Crippen LogP contribution >= 0.6 is 0 Å². The third kappa shape index (κ3) is 4.78. The van der Waals surface area contributed by atoms with Crippen LogP contribution < -0.4 is 9.47 Å². The van der Waals surface area contributed by atoms with E-state index in [2.05, 4.69) is 0 Å². The number of likely N-dealkylation sites (N-methyl/N-ethyl adjacent to an activating group) is 1. The first-order chi connectivity index (χ1) is 15.4. The van der Waals surface area contributed by atoms with E-state index < -0.39 is 17.7 Å². The molecule has 1 atom stereocenters. The molecule has 32 heavy (non-hydrogen) atoms. The zero-order chi connectivity index (χ0) is 23.3. The second kappa shape index (κ2) is 10.3. The molecule has 1 aliphatic rings. The molecule has 1 saturated heterocycles. The van der Waals surface area contributed by atoms with Crippen LogP contribution in [0.1, 0.15) is 30.5 Å². The number of aliphatic hydroxyl groups is 1. The van der Waals surface area contributed by atoms with Gasteiger partial charge < -0.3 is 24.4 Å². The maximum Gasteiger partial charge on any atom is 0.295 e. The Labute approximate surface area is 188 Å². The second-order valence-corrected chi connectivity index (χ2v) is 7.92. The Hall–Kier alpha value is -3.32. The van der Waals surface area contributed by atoms with Crippen molar-refractivity contribution in [2.75, 3.05) is 40.9 Å². The SMILES string of the molecule is CCCOc1ccc(C2/C(=C(/O)c3ccccc3)C(=O)C(=O)N2CCN(C)C)cc1OC. The van der Waals surface area contributed by atoms with Gasteiger partial charge in [0.15, 0.2) is 11.5 Å². The van der Waals surface area contributed by atoms with E-state index in [0.717, 1.165) is 6.42 Å². The predicted molar refractivity (Wildman–Crippen MR) is 123 cm³/mol. The minimum atomic E-state index is -0.732. The lowest BCUT2D eigenvalue weighted by Gasteiger charge is -2.27. The van der Waals surface area contributed by atoms with E-state index in [4.69, 9.17) is 9.47 Å². The summed E-state index contributed by atoms with van der Waals surface area (Å²) in [4.78, 5) is 29.5. The molecule has 2 aromatic carbocycles. The Bertz CT molecular complexity index is 1000. The molecule has 0 aliphatic carbocycles. The third-order valence-electron chi connectivity index (χ3n) is 5.34. The zero-order valence-electron chi connectivity index (χ0n) is 19.0. The largest absolute Gasteiger partial charge is 0.507 e. The Kier molecular flexibility index (Phi) is 7.53. The molecule has 7 nitrogen and oxygen atoms in total. The van der Waals surface area contributed by atoms with E-state index >= 15 is 0 Å². The van der Waals surface area contributed by atoms with Crippen molar-refractivity contribution in [1.29, 1.82) is 0 Å². The van der Waals surface area contributed by atoms with Gasteiger partial charge in [-0.15, -0.1) is 0 Å². The maximum atomic E-state index is 13.0. The van der Waals surface area contributed by atoms with Gasteiger partial charge in [-0.1, -0.05) is 43.3 Å². The van der Waals surface area contributed by atoms with E-state index in [0.29, 0.717) is 42.3 Å². The van der Waals surface area contributed by atoms with Gasteiger partial charge in [0.1, 0.15) is 5.76 Å². The fraction of sp³-hybridized carbons (Fsp3) is 0.360. The smallest absolute Gasteiger partial charge is 0.295 e. The first kappa shape index (κ1) is 23.3. The van der Waals surface area contributed by atoms with Gasteiger partial charge in [-0.05, 0) is 38.2 Å². The molecular formula is C25H30N2O5. The van der Waals surface area contributed by atoms with Gasteiger partial charge in [0, 0.05) is 18.7 Å². The maximum absolute atomic E-state index is 13.0. The van der Waals surface area contributed by atoms with Crippen LogP contribution in [0.3, 0.4) is 0 Å². The highest BCUT2D eigenvalue weighted by Gasteiger charge is 2.46. The number of likely N-dealkylation sites (tertiary alicyclic amines) is 1. The van der Waals surface area contributed by atoms with Gasteiger partial charge in [-0.25, -0.2) is 0 Å². The summed E-state index contributed by atoms with van der Waals surface area (Å²) >= 11 is 0. The quantitative estimate of drug-likeness (QED) is 0.367. The molecule has 1 heterocycles. The molecule has 170 valence electrons. The minimum absolute atomic E-state index is 0.0734. The lowest BCUT2D eigenvalue weighted by atomic mass is 9.95. The molecule has 0 spiro atoms. The van der Waals surface area contributed by atoms with E-state index in [1.165, 1.54) is 4.90 Å². The van der Waals surface area contributed by atoms with Crippen LogP contribution in [0.15, 0.2) is 54.1 Å². The molecular weight excluding hydrogens is 408 g/mol. The molecule has 0 radical (unpaired) electrons. The van der Waals surface area contributed by atoms with E-state index in [9.17, 15) is 14.7 Å². The van der Waals surface area contributed by atoms with Crippen molar-refractivity contribution in [1.82, 2.24) is 9.80 Å². The van der Waals surface area contributed by atoms with Crippen molar-refractivity contribution in [2.24, 2.45) is 0 Å². The van der Waals surface area contributed by atoms with Crippen molar-refractivity contribution in [3.05, 3.63) is 65.2 Å². The molecule has 1 aliphatic heterocycles. The monoisotopic (exact) mass is 438 g/mol. The summed E-state index contributed by atoms with van der Waals surface area (Å²) in [6.07, 6.45) is 0.854. The number of rotatable bonds is 9. The molecule has 0 aromatic heterocycles. The summed E-state index contributed by atoms with van der Waals surface area (Å²) in [6, 6.07) is 13.4. The summed E-state index contributed by atoms with van der Waals surface area (Å²) in [5.74, 6) is -0.410. The summed E-state index contributed by atoms with van der Waals surface area (Å²) < 4.78 is 11.3. The molecule has 7 heteroatoms. The lowest BCUT2D eigenvalue weighted by Crippen LogP contribution is -2.35. The van der Waals surface area contributed by atoms with Crippen molar-refractivity contribution < 1.29 is 24.2 Å². The van der Waals surface area contributed by atoms with Crippen LogP contribution in [0, 0.1) is 0 Å². The highest BCUT2D eigenvalue weighted by atomic mass is 16.5. The fourth-order valence-corrected chi connectivity index (χ4v) is 3.70. The first-order valence-corrected chi connectivity index (χ1v) is 10.7. The number of Topliss-reactive ketones (excluding diaryl/α,β-unsaturated/α-hetero) is 1. The van der Waals surface area contributed by atoms with Gasteiger partial charge >= 0.3 is 0 Å². The van der Waals surface area contributed by atoms with E-state index in [1.54, 1.807) is 43.5 Å². The first-order valence-electron chi connectivity index (χ1n) is 10.7. The highest BCUT2D eigenvalue weighted by Crippen LogP contribution is 2.41. The number of hydrogen-bond donors (Lipinski definition) is 1. The van der Waals surface area contributed by atoms with Crippen LogP contribution in [0.5, 0.6) is 11.5 Å². The number of amides is 1. The van der Waals surface area contributed by atoms with Crippen LogP contribution in [0.25, 0.3) is 5.76 Å². The number of carbonyl (C=O) groups excluding carboxylic acids is 2. The minimum Gasteiger partial charge on any atom is -0.507 e. The number of carbonyl (C=O) groups is 2. The van der Waals surface area contributed by atoms with Gasteiger partial charge in [-0.3, -0.25) is 9.59 Å². The summed E-state index contributed by atoms with van der Waals surface area (Å²) in [6.45, 7) is 3.47. The number of hydrogen-bond acceptors (Lipinski definition) is 6. The number of benzene rings is 2. The molecule has 1 amide bonds. The van der Waals surface area contributed by atoms with Gasteiger partial charge in [0.2, 0.25) is 0 Å². The number of ether oxygens (including phenoxy) is 2. The summed E-state index contributed by atoms with van der Waals surface area (Å²) in [7, 11) is 5.35.